The van der Waals surface area contributed by atoms with Gasteiger partial charge in [0.1, 0.15) is 11.6 Å². The largest absolute Gasteiger partial charge is 0.454 e. The monoisotopic (exact) mass is 391 g/mol. The molecule has 1 aliphatic rings. The van der Waals surface area contributed by atoms with Crippen molar-refractivity contribution in [3.63, 3.8) is 0 Å². The van der Waals surface area contributed by atoms with E-state index in [1.807, 2.05) is 29.2 Å². The molecule has 2 aromatic heterocycles. The molecule has 0 atom stereocenters. The number of hydrogen-bond donors (Lipinski definition) is 1. The number of rotatable bonds is 5. The minimum Gasteiger partial charge on any atom is -0.454 e. The Morgan fingerprint density at radius 2 is 2.12 bits per heavy atom. The molecule has 1 N–H and O–H groups in total. The van der Waals surface area contributed by atoms with E-state index in [1.54, 1.807) is 6.20 Å². The molecule has 128 valence electrons. The van der Waals surface area contributed by atoms with E-state index in [2.05, 4.69) is 33.2 Å². The van der Waals surface area contributed by atoms with E-state index in [1.165, 1.54) is 0 Å². The van der Waals surface area contributed by atoms with Crippen molar-refractivity contribution < 1.29 is 9.21 Å². The molecule has 5 nitrogen and oxygen atoms in total. The van der Waals surface area contributed by atoms with Gasteiger partial charge in [0, 0.05) is 32.3 Å². The summed E-state index contributed by atoms with van der Waals surface area (Å²) in [6.45, 7) is 4.66. The fourth-order valence-electron chi connectivity index (χ4n) is 2.82. The fraction of sp³-hybridized carbons (Fsp3) is 0.444. The second-order valence-electron chi connectivity index (χ2n) is 6.29. The maximum Gasteiger partial charge on any atom is 0.255 e. The molecule has 0 bridgehead atoms. The summed E-state index contributed by atoms with van der Waals surface area (Å²) in [6, 6.07) is 7.53. The number of anilines is 1. The Hall–Kier alpha value is -1.82. The van der Waals surface area contributed by atoms with Crippen LogP contribution in [-0.2, 0) is 6.42 Å². The standard InChI is InChI=1S/C18H22BrN3O2/c1-13-7-10-22(11-8-13)18(23)14-2-5-17(21-12-14)20-9-6-15-3-4-16(19)24-15/h2-5,12-13H,6-11H2,1H3,(H,20,21). The van der Waals surface area contributed by atoms with Gasteiger partial charge in [0.05, 0.1) is 5.56 Å². The third-order valence-corrected chi connectivity index (χ3v) is 4.81. The molecule has 0 aromatic carbocycles. The molecular formula is C18H22BrN3O2. The van der Waals surface area contributed by atoms with E-state index in [0.29, 0.717) is 11.5 Å². The molecule has 1 amide bonds. The number of amides is 1. The van der Waals surface area contributed by atoms with Crippen LogP contribution in [0, 0.1) is 5.92 Å². The number of nitrogens with one attached hydrogen (secondary N) is 1. The van der Waals surface area contributed by atoms with Gasteiger partial charge in [-0.1, -0.05) is 6.92 Å². The van der Waals surface area contributed by atoms with Gasteiger partial charge in [-0.05, 0) is 59.0 Å². The summed E-state index contributed by atoms with van der Waals surface area (Å²) < 4.78 is 6.19. The van der Waals surface area contributed by atoms with Gasteiger partial charge in [-0.15, -0.1) is 0 Å². The average molecular weight is 392 g/mol. The van der Waals surface area contributed by atoms with E-state index in [9.17, 15) is 4.79 Å². The molecule has 24 heavy (non-hydrogen) atoms. The van der Waals surface area contributed by atoms with Crippen LogP contribution in [0.1, 0.15) is 35.9 Å². The number of carbonyl (C=O) groups is 1. The Labute approximate surface area is 150 Å². The van der Waals surface area contributed by atoms with Crippen LogP contribution in [-0.4, -0.2) is 35.4 Å². The van der Waals surface area contributed by atoms with Crippen molar-refractivity contribution >= 4 is 27.7 Å². The number of furan rings is 1. The highest BCUT2D eigenvalue weighted by molar-refractivity contribution is 9.10. The first-order valence-electron chi connectivity index (χ1n) is 8.35. The Kier molecular flexibility index (Phi) is 5.56. The minimum atomic E-state index is 0.0846. The topological polar surface area (TPSA) is 58.4 Å². The molecule has 1 fully saturated rings. The van der Waals surface area contributed by atoms with Gasteiger partial charge in [-0.3, -0.25) is 4.79 Å². The zero-order valence-electron chi connectivity index (χ0n) is 13.8. The highest BCUT2D eigenvalue weighted by Crippen LogP contribution is 2.18. The van der Waals surface area contributed by atoms with Gasteiger partial charge < -0.3 is 14.6 Å². The second kappa shape index (κ2) is 7.83. The van der Waals surface area contributed by atoms with Gasteiger partial charge in [0.25, 0.3) is 5.91 Å². The quantitative estimate of drug-likeness (QED) is 0.837. The third kappa shape index (κ3) is 4.38. The first-order chi connectivity index (χ1) is 11.6. The number of pyridine rings is 1. The number of aromatic nitrogens is 1. The van der Waals surface area contributed by atoms with Gasteiger partial charge in [0.2, 0.25) is 0 Å². The smallest absolute Gasteiger partial charge is 0.255 e. The zero-order chi connectivity index (χ0) is 16.9. The summed E-state index contributed by atoms with van der Waals surface area (Å²) in [7, 11) is 0. The summed E-state index contributed by atoms with van der Waals surface area (Å²) in [5.41, 5.74) is 0.657. The Morgan fingerprint density at radius 3 is 2.75 bits per heavy atom. The summed E-state index contributed by atoms with van der Waals surface area (Å²) in [6.07, 6.45) is 4.61. The maximum absolute atomic E-state index is 12.5. The fourth-order valence-corrected chi connectivity index (χ4v) is 3.16. The van der Waals surface area contributed by atoms with Crippen molar-refractivity contribution in [2.45, 2.75) is 26.2 Å². The second-order valence-corrected chi connectivity index (χ2v) is 7.07. The predicted molar refractivity (Wildman–Crippen MR) is 97.1 cm³/mol. The molecule has 0 saturated carbocycles. The van der Waals surface area contributed by atoms with Crippen molar-refractivity contribution in [3.05, 3.63) is 46.5 Å². The zero-order valence-corrected chi connectivity index (χ0v) is 15.4. The molecular weight excluding hydrogens is 370 g/mol. The number of nitrogens with zero attached hydrogens (tertiary/aromatic N) is 2. The lowest BCUT2D eigenvalue weighted by atomic mass is 9.99. The third-order valence-electron chi connectivity index (χ3n) is 4.39. The van der Waals surface area contributed by atoms with E-state index < -0.39 is 0 Å². The lowest BCUT2D eigenvalue weighted by Crippen LogP contribution is -2.37. The average Bonchev–Trinajstić information content (AvgIpc) is 3.01. The van der Waals surface area contributed by atoms with Gasteiger partial charge in [-0.2, -0.15) is 0 Å². The van der Waals surface area contributed by atoms with Crippen molar-refractivity contribution in [1.82, 2.24) is 9.88 Å². The maximum atomic E-state index is 12.5. The van der Waals surface area contributed by atoms with Gasteiger partial charge in [-0.25, -0.2) is 4.98 Å². The molecule has 2 aromatic rings. The summed E-state index contributed by atoms with van der Waals surface area (Å²) in [5, 5.41) is 3.24. The molecule has 1 aliphatic heterocycles. The van der Waals surface area contributed by atoms with E-state index in [0.717, 1.165) is 55.1 Å². The van der Waals surface area contributed by atoms with Crippen LogP contribution < -0.4 is 5.32 Å². The van der Waals surface area contributed by atoms with Crippen molar-refractivity contribution in [3.8, 4) is 0 Å². The van der Waals surface area contributed by atoms with E-state index >= 15 is 0 Å². The van der Waals surface area contributed by atoms with Crippen LogP contribution in [0.15, 0.2) is 39.5 Å². The van der Waals surface area contributed by atoms with Gasteiger partial charge >= 0.3 is 0 Å². The Morgan fingerprint density at radius 1 is 1.33 bits per heavy atom. The van der Waals surface area contributed by atoms with Crippen molar-refractivity contribution in [2.24, 2.45) is 5.92 Å². The molecule has 3 heterocycles. The highest BCUT2D eigenvalue weighted by atomic mass is 79.9. The molecule has 0 unspecified atom stereocenters. The van der Waals surface area contributed by atoms with Crippen LogP contribution in [0.2, 0.25) is 0 Å². The minimum absolute atomic E-state index is 0.0846. The normalized spacial score (nSPS) is 15.5. The van der Waals surface area contributed by atoms with Crippen molar-refractivity contribution in [1.29, 1.82) is 0 Å². The molecule has 0 aliphatic carbocycles. The van der Waals surface area contributed by atoms with Crippen LogP contribution >= 0.6 is 15.9 Å². The SMILES string of the molecule is CC1CCN(C(=O)c2ccc(NCCc3ccc(Br)o3)nc2)CC1. The lowest BCUT2D eigenvalue weighted by Gasteiger charge is -2.30. The van der Waals surface area contributed by atoms with E-state index in [4.69, 9.17) is 4.42 Å². The molecule has 3 rings (SSSR count). The molecule has 0 spiro atoms. The Balaban J connectivity index is 1.50. The van der Waals surface area contributed by atoms with Crippen LogP contribution in [0.4, 0.5) is 5.82 Å². The summed E-state index contributed by atoms with van der Waals surface area (Å²) >= 11 is 3.29. The molecule has 1 saturated heterocycles. The Bertz CT molecular complexity index is 676. The number of hydrogen-bond acceptors (Lipinski definition) is 4. The molecule has 6 heteroatoms. The number of halogens is 1. The van der Waals surface area contributed by atoms with Crippen LogP contribution in [0.25, 0.3) is 0 Å². The first-order valence-corrected chi connectivity index (χ1v) is 9.14. The number of likely N-dealkylation sites (tertiary alicyclic amines) is 1. The summed E-state index contributed by atoms with van der Waals surface area (Å²) in [4.78, 5) is 18.7. The number of piperidine rings is 1. The van der Waals surface area contributed by atoms with Crippen LogP contribution in [0.5, 0.6) is 0 Å². The van der Waals surface area contributed by atoms with Gasteiger partial charge in [0.15, 0.2) is 4.67 Å². The molecule has 0 radical (unpaired) electrons. The summed E-state index contributed by atoms with van der Waals surface area (Å²) in [5.74, 6) is 2.49. The van der Waals surface area contributed by atoms with Crippen LogP contribution in [0.3, 0.4) is 0 Å². The van der Waals surface area contributed by atoms with E-state index in [-0.39, 0.29) is 5.91 Å². The lowest BCUT2D eigenvalue weighted by molar-refractivity contribution is 0.0697. The predicted octanol–water partition coefficient (Wildman–Crippen LogP) is 3.96. The first kappa shape index (κ1) is 17.0. The van der Waals surface area contributed by atoms with Crippen molar-refractivity contribution in [2.75, 3.05) is 25.0 Å². The number of carbonyl (C=O) groups excluding carboxylic acids is 1. The highest BCUT2D eigenvalue weighted by Gasteiger charge is 2.21.